The van der Waals surface area contributed by atoms with Gasteiger partial charge >= 0.3 is 6.09 Å². The van der Waals surface area contributed by atoms with Crippen LogP contribution in [0.25, 0.3) is 0 Å². The van der Waals surface area contributed by atoms with E-state index in [0.29, 0.717) is 23.8 Å². The normalized spacial score (nSPS) is 12.8. The number of halogens is 1. The fraction of sp³-hybridized carbons (Fsp3) is 0.480. The Morgan fingerprint density at radius 3 is 2.22 bits per heavy atom. The van der Waals surface area contributed by atoms with Gasteiger partial charge in [0, 0.05) is 30.5 Å². The number of nitrogens with zero attached hydrogens (tertiary/aromatic N) is 1. The van der Waals surface area contributed by atoms with Crippen molar-refractivity contribution in [2.75, 3.05) is 38.1 Å². The molecule has 12 heteroatoms. The lowest BCUT2D eigenvalue weighted by molar-refractivity contribution is 0.0487. The number of nitrogens with one attached hydrogen (secondary N) is 3. The average Bonchev–Trinajstić information content (AvgIpc) is 2.81. The number of anilines is 3. The molecule has 5 N–H and O–H groups in total. The Balaban J connectivity index is 2.39. The van der Waals surface area contributed by atoms with E-state index in [1.807, 2.05) is 6.92 Å². The molecule has 0 unspecified atom stereocenters. The maximum atomic E-state index is 15.0. The molecule has 1 aromatic heterocycles. The summed E-state index contributed by atoms with van der Waals surface area (Å²) in [5.74, 6) is -0.877. The summed E-state index contributed by atoms with van der Waals surface area (Å²) in [4.78, 5) is 28.6. The molecule has 2 atom stereocenters. The van der Waals surface area contributed by atoms with Crippen LogP contribution in [0, 0.1) is 5.82 Å². The number of pyridine rings is 1. The third-order valence-electron chi connectivity index (χ3n) is 5.03. The zero-order chi connectivity index (χ0) is 27.8. The Labute approximate surface area is 216 Å². The van der Waals surface area contributed by atoms with Gasteiger partial charge in [0.15, 0.2) is 11.6 Å². The molecule has 0 saturated carbocycles. The number of benzene rings is 1. The van der Waals surface area contributed by atoms with Crippen LogP contribution in [0.3, 0.4) is 0 Å². The number of nitrogens with two attached hydrogens (primary N) is 1. The second kappa shape index (κ2) is 12.9. The van der Waals surface area contributed by atoms with Crippen molar-refractivity contribution < 1.29 is 32.9 Å². The quantitative estimate of drug-likeness (QED) is 0.327. The first-order valence-electron chi connectivity index (χ1n) is 11.7. The standard InChI is InChI=1S/C25H36FN5O6/c1-8-36-13-20(14(2)28-24(33)37-25(3,4)5)30-23-19(26)12-18(21(27)32)22(31-23)29-15-9-16(34-6)11-17(10-15)35-7/h9-12,14,20H,8,13H2,1-7H3,(H2,27,32)(H,28,33)(H2,29,30,31)/t14-,20+/m0/s1. The number of carbonyl (C=O) groups excluding carboxylic acids is 2. The van der Waals surface area contributed by atoms with Gasteiger partial charge in [-0.1, -0.05) is 0 Å². The number of hydrogen-bond donors (Lipinski definition) is 4. The highest BCUT2D eigenvalue weighted by atomic mass is 19.1. The molecule has 11 nitrogen and oxygen atoms in total. The van der Waals surface area contributed by atoms with Crippen LogP contribution in [0.1, 0.15) is 45.0 Å². The third-order valence-corrected chi connectivity index (χ3v) is 5.03. The smallest absolute Gasteiger partial charge is 0.407 e. The maximum absolute atomic E-state index is 15.0. The molecule has 37 heavy (non-hydrogen) atoms. The van der Waals surface area contributed by atoms with Gasteiger partial charge in [0.25, 0.3) is 5.91 Å². The lowest BCUT2D eigenvalue weighted by Gasteiger charge is -2.28. The number of ether oxygens (including phenoxy) is 4. The van der Waals surface area contributed by atoms with Crippen molar-refractivity contribution in [2.24, 2.45) is 5.73 Å². The first kappa shape index (κ1) is 29.4. The van der Waals surface area contributed by atoms with Gasteiger partial charge in [-0.15, -0.1) is 0 Å². The van der Waals surface area contributed by atoms with E-state index < -0.39 is 35.5 Å². The van der Waals surface area contributed by atoms with Crippen molar-refractivity contribution in [1.82, 2.24) is 10.3 Å². The SMILES string of the molecule is CCOC[C@@H](Nc1nc(Nc2cc(OC)cc(OC)c2)c(C(N)=O)cc1F)[C@H](C)NC(=O)OC(C)(C)C. The third kappa shape index (κ3) is 8.98. The van der Waals surface area contributed by atoms with Crippen LogP contribution >= 0.6 is 0 Å². The maximum Gasteiger partial charge on any atom is 0.407 e. The minimum absolute atomic E-state index is 0.00891. The van der Waals surface area contributed by atoms with E-state index in [1.54, 1.807) is 45.9 Å². The minimum Gasteiger partial charge on any atom is -0.497 e. The molecule has 1 aromatic carbocycles. The van der Waals surface area contributed by atoms with E-state index in [-0.39, 0.29) is 23.8 Å². The van der Waals surface area contributed by atoms with Crippen LogP contribution < -0.4 is 31.2 Å². The van der Waals surface area contributed by atoms with Crippen molar-refractivity contribution in [3.05, 3.63) is 35.6 Å². The van der Waals surface area contributed by atoms with Crippen molar-refractivity contribution in [3.63, 3.8) is 0 Å². The molecule has 0 fully saturated rings. The molecule has 2 aromatic rings. The van der Waals surface area contributed by atoms with E-state index >= 15 is 4.39 Å². The number of aromatic nitrogens is 1. The lowest BCUT2D eigenvalue weighted by atomic mass is 10.1. The predicted molar refractivity (Wildman–Crippen MR) is 138 cm³/mol. The highest BCUT2D eigenvalue weighted by Crippen LogP contribution is 2.30. The summed E-state index contributed by atoms with van der Waals surface area (Å²) in [6.45, 7) is 9.31. The molecule has 0 aliphatic carbocycles. The second-order valence-electron chi connectivity index (χ2n) is 9.15. The number of amides is 2. The van der Waals surface area contributed by atoms with Crippen molar-refractivity contribution >= 4 is 29.3 Å². The number of rotatable bonds is 12. The lowest BCUT2D eigenvalue weighted by Crippen LogP contribution is -2.48. The van der Waals surface area contributed by atoms with Crippen molar-refractivity contribution in [3.8, 4) is 11.5 Å². The van der Waals surface area contributed by atoms with E-state index in [0.717, 1.165) is 6.07 Å². The molecular weight excluding hydrogens is 485 g/mol. The fourth-order valence-electron chi connectivity index (χ4n) is 3.22. The summed E-state index contributed by atoms with van der Waals surface area (Å²) in [6, 6.07) is 4.81. The van der Waals surface area contributed by atoms with Gasteiger partial charge in [-0.3, -0.25) is 4.79 Å². The summed E-state index contributed by atoms with van der Waals surface area (Å²) < 4.78 is 36.4. The highest BCUT2D eigenvalue weighted by Gasteiger charge is 2.25. The number of carbonyl (C=O) groups is 2. The van der Waals surface area contributed by atoms with Crippen molar-refractivity contribution in [1.29, 1.82) is 0 Å². The molecule has 0 aliphatic rings. The van der Waals surface area contributed by atoms with Gasteiger partial charge in [-0.2, -0.15) is 0 Å². The summed E-state index contributed by atoms with van der Waals surface area (Å²) in [6.07, 6.45) is -0.630. The number of primary amides is 1. The summed E-state index contributed by atoms with van der Waals surface area (Å²) >= 11 is 0. The Bertz CT molecular complexity index is 1070. The molecule has 2 rings (SSSR count). The van der Waals surface area contributed by atoms with Crippen LogP contribution in [-0.2, 0) is 9.47 Å². The first-order valence-corrected chi connectivity index (χ1v) is 11.7. The zero-order valence-corrected chi connectivity index (χ0v) is 22.2. The fourth-order valence-corrected chi connectivity index (χ4v) is 3.22. The largest absolute Gasteiger partial charge is 0.497 e. The molecular formula is C25H36FN5O6. The number of hydrogen-bond acceptors (Lipinski definition) is 9. The summed E-state index contributed by atoms with van der Waals surface area (Å²) in [5.41, 5.74) is 5.10. The zero-order valence-electron chi connectivity index (χ0n) is 22.2. The molecule has 0 aliphatic heterocycles. The Kier molecular flexibility index (Phi) is 10.3. The van der Waals surface area contributed by atoms with Crippen LogP contribution in [-0.4, -0.2) is 62.1 Å². The van der Waals surface area contributed by atoms with Crippen LogP contribution in [0.2, 0.25) is 0 Å². The van der Waals surface area contributed by atoms with E-state index in [2.05, 4.69) is 20.9 Å². The molecule has 0 bridgehead atoms. The molecule has 2 amide bonds. The Morgan fingerprint density at radius 2 is 1.70 bits per heavy atom. The average molecular weight is 522 g/mol. The van der Waals surface area contributed by atoms with Gasteiger partial charge in [0.05, 0.1) is 38.5 Å². The van der Waals surface area contributed by atoms with Gasteiger partial charge in [0.1, 0.15) is 22.9 Å². The predicted octanol–water partition coefficient (Wildman–Crippen LogP) is 3.81. The van der Waals surface area contributed by atoms with Crippen molar-refractivity contribution in [2.45, 2.75) is 52.3 Å². The van der Waals surface area contributed by atoms with E-state index in [1.165, 1.54) is 14.2 Å². The van der Waals surface area contributed by atoms with Gasteiger partial charge in [-0.05, 0) is 40.7 Å². The monoisotopic (exact) mass is 521 g/mol. The molecule has 0 radical (unpaired) electrons. The molecule has 0 spiro atoms. The first-order chi connectivity index (χ1) is 17.4. The molecule has 204 valence electrons. The van der Waals surface area contributed by atoms with Crippen LogP contribution in [0.5, 0.6) is 11.5 Å². The second-order valence-corrected chi connectivity index (χ2v) is 9.15. The minimum atomic E-state index is -0.874. The topological polar surface area (TPSA) is 146 Å². The van der Waals surface area contributed by atoms with Gasteiger partial charge < -0.3 is 40.6 Å². The van der Waals surface area contributed by atoms with Crippen LogP contribution in [0.4, 0.5) is 26.5 Å². The van der Waals surface area contributed by atoms with E-state index in [4.69, 9.17) is 24.7 Å². The Morgan fingerprint density at radius 1 is 1.08 bits per heavy atom. The summed E-state index contributed by atoms with van der Waals surface area (Å²) in [5, 5.41) is 8.66. The summed E-state index contributed by atoms with van der Waals surface area (Å²) in [7, 11) is 2.99. The number of methoxy groups -OCH3 is 2. The molecule has 1 heterocycles. The Hall–Kier alpha value is -3.80. The molecule has 0 saturated heterocycles. The van der Waals surface area contributed by atoms with Gasteiger partial charge in [0.2, 0.25) is 0 Å². The van der Waals surface area contributed by atoms with Crippen LogP contribution in [0.15, 0.2) is 24.3 Å². The van der Waals surface area contributed by atoms with E-state index in [9.17, 15) is 9.59 Å². The van der Waals surface area contributed by atoms with Gasteiger partial charge in [-0.25, -0.2) is 14.2 Å². The highest BCUT2D eigenvalue weighted by molar-refractivity contribution is 5.98. The number of alkyl carbamates (subject to hydrolysis) is 1.